The molecule has 0 radical (unpaired) electrons. The van der Waals surface area contributed by atoms with Crippen molar-refractivity contribution in [2.45, 2.75) is 225 Å². The summed E-state index contributed by atoms with van der Waals surface area (Å²) in [7, 11) is 4.79. The van der Waals surface area contributed by atoms with Crippen LogP contribution in [0.4, 0.5) is 24.9 Å². The number of ketones is 4. The van der Waals surface area contributed by atoms with Crippen LogP contribution in [0, 0.1) is 41.4 Å². The molecule has 692 valence electrons. The summed E-state index contributed by atoms with van der Waals surface area (Å²) in [4.78, 5) is 177. The van der Waals surface area contributed by atoms with Gasteiger partial charge in [-0.25, -0.2) is 24.2 Å². The second kappa shape index (κ2) is 47.7. The number of benzene rings is 6. The second-order valence-electron chi connectivity index (χ2n) is 35.8. The lowest BCUT2D eigenvalue weighted by Gasteiger charge is -2.41. The van der Waals surface area contributed by atoms with Crippen LogP contribution in [0.2, 0.25) is 0 Å². The van der Waals surface area contributed by atoms with Crippen LogP contribution in [0.1, 0.15) is 209 Å². The van der Waals surface area contributed by atoms with E-state index in [0.717, 1.165) is 55.1 Å². The van der Waals surface area contributed by atoms with Crippen molar-refractivity contribution in [3.63, 3.8) is 0 Å². The fourth-order valence-corrected chi connectivity index (χ4v) is 19.0. The van der Waals surface area contributed by atoms with Gasteiger partial charge in [-0.05, 0) is 151 Å². The maximum atomic E-state index is 15.0. The van der Waals surface area contributed by atoms with Gasteiger partial charge in [0, 0.05) is 125 Å². The lowest BCUT2D eigenvalue weighted by atomic mass is 9.83. The maximum Gasteiger partial charge on any atom is 0.408 e. The number of urea groups is 1. The number of nitrogens with two attached hydrogens (primary N) is 1. The van der Waals surface area contributed by atoms with E-state index in [1.807, 2.05) is 148 Å². The lowest BCUT2D eigenvalue weighted by Crippen LogP contribution is -2.55. The summed E-state index contributed by atoms with van der Waals surface area (Å²) in [5, 5.41) is 19.3. The van der Waals surface area contributed by atoms with Gasteiger partial charge in [0.2, 0.25) is 23.6 Å². The highest BCUT2D eigenvalue weighted by atomic mass is 32.1. The first-order valence-corrected chi connectivity index (χ1v) is 46.2. The fourth-order valence-electron chi connectivity index (χ4n) is 18.3. The van der Waals surface area contributed by atoms with E-state index in [1.54, 1.807) is 63.4 Å². The largest absolute Gasteiger partial charge is 0.449 e. The van der Waals surface area contributed by atoms with E-state index in [1.165, 1.54) is 39.2 Å². The van der Waals surface area contributed by atoms with Crippen LogP contribution < -0.4 is 37.6 Å². The number of carbonyl (C=O) groups excluding carboxylic acids is 12. The molecule has 0 unspecified atom stereocenters. The highest BCUT2D eigenvalue weighted by Gasteiger charge is 2.45. The summed E-state index contributed by atoms with van der Waals surface area (Å²) >= 11 is 1.53. The van der Waals surface area contributed by atoms with E-state index in [0.29, 0.717) is 56.3 Å². The first kappa shape index (κ1) is 99.7. The normalized spacial score (nSPS) is 16.0. The summed E-state index contributed by atoms with van der Waals surface area (Å²) in [6.07, 6.45) is 1.21. The van der Waals surface area contributed by atoms with Crippen LogP contribution in [0.3, 0.4) is 0 Å². The van der Waals surface area contributed by atoms with Gasteiger partial charge in [-0.1, -0.05) is 201 Å². The zero-order valence-corrected chi connectivity index (χ0v) is 77.6. The Bertz CT molecular complexity index is 4900. The number of nitrogens with zero attached hydrogens (tertiary/aromatic N) is 3. The maximum absolute atomic E-state index is 15.0. The molecule has 0 saturated carbocycles. The van der Waals surface area contributed by atoms with Gasteiger partial charge in [-0.15, -0.1) is 11.3 Å². The molecule has 27 nitrogen and oxygen atoms in total. The smallest absolute Gasteiger partial charge is 0.408 e. The van der Waals surface area contributed by atoms with Crippen molar-refractivity contribution in [3.8, 4) is 22.3 Å². The minimum atomic E-state index is -1.51. The number of fused-ring (bicyclic) bond motifs is 6. The highest BCUT2D eigenvalue weighted by Crippen LogP contribution is 2.47. The Morgan fingerprint density at radius 2 is 1.14 bits per heavy atom. The molecule has 10 rings (SSSR count). The standard InChI is InChI=1S/C101H130N10O17S/c1-14-63(6)91(87(124-12)57-89(116)111-50-29-42-83(111)92(125-13)64(7)84(112)55-70(95-103-49-51-129-95)52-66-30-16-15-17-31-66)110(11)96(119)80(61(2)3)56-88(115)101(9,10)109-100(123)126-58-67-43-45-71(46-44-67)107-93(117)69(33-28-48-104-97(102)120)54-86(114)90(62(4)5)108-94(118)68(32-26-27-47-105-98(121)127-59-81-76-38-22-18-34-72(76)73-35-19-23-39-77(73)81)53-85(113)65(8)106-99(122)128-60-82-78-40-24-20-36-74(78)75-37-21-25-41-79(75)82/h15-25,30-31,34-41,43-46,49,51,61-65,68-70,80-83,87,90-92H,14,26-29,32-33,42,47-48,50,52-60H2,1-13H3,(H,105,121)(H,106,122)(H,107,117)(H,108,118)(H,109,123)(H3,102,104,120)/t63-,64-,65-,68+,69+,70+,80-,83-,87+,90-,91-,92+/m0/s1. The third kappa shape index (κ3) is 26.9. The molecule has 28 heteroatoms. The molecule has 0 spiro atoms. The summed E-state index contributed by atoms with van der Waals surface area (Å²) in [6.45, 7) is 18.3. The van der Waals surface area contributed by atoms with Crippen molar-refractivity contribution in [2.24, 2.45) is 47.2 Å². The number of methoxy groups -OCH3 is 2. The molecule has 7 aromatic rings. The Morgan fingerprint density at radius 1 is 0.581 bits per heavy atom. The van der Waals surface area contributed by atoms with Crippen LogP contribution in [-0.2, 0) is 75.1 Å². The third-order valence-corrected chi connectivity index (χ3v) is 26.8. The molecular weight excluding hydrogens is 1660 g/mol. The average molecular weight is 1790 g/mol. The van der Waals surface area contributed by atoms with Gasteiger partial charge < -0.3 is 71.1 Å². The number of hydrogen-bond donors (Lipinski definition) is 7. The van der Waals surface area contributed by atoms with Crippen molar-refractivity contribution in [3.05, 3.63) is 202 Å². The molecule has 3 aliphatic rings. The molecular formula is C101H130N10O17S. The molecule has 129 heavy (non-hydrogen) atoms. The first-order valence-electron chi connectivity index (χ1n) is 45.4. The average Bonchev–Trinajstić information content (AvgIpc) is 1.66. The molecule has 8 N–H and O–H groups in total. The van der Waals surface area contributed by atoms with Crippen LogP contribution in [0.25, 0.3) is 22.3 Å². The number of likely N-dealkylation sites (N-methyl/N-ethyl adjacent to an activating group) is 1. The number of likely N-dealkylation sites (tertiary alicyclic amines) is 1. The zero-order valence-electron chi connectivity index (χ0n) is 76.7. The van der Waals surface area contributed by atoms with Gasteiger partial charge in [0.25, 0.3) is 0 Å². The number of ether oxygens (including phenoxy) is 5. The summed E-state index contributed by atoms with van der Waals surface area (Å²) in [5.74, 6) is -7.94. The molecule has 2 heterocycles. The number of Topliss-reactive ketones (excluding diaryl/α,β-unsaturated/α-hetero) is 4. The number of hydrogen-bond acceptors (Lipinski definition) is 19. The molecule has 2 aliphatic carbocycles. The van der Waals surface area contributed by atoms with Crippen molar-refractivity contribution in [1.82, 2.24) is 41.4 Å². The molecule has 0 bridgehead atoms. The molecule has 6 aromatic carbocycles. The molecule has 1 aliphatic heterocycles. The van der Waals surface area contributed by atoms with E-state index in [-0.39, 0.29) is 138 Å². The van der Waals surface area contributed by atoms with Gasteiger partial charge in [-0.3, -0.25) is 38.4 Å². The van der Waals surface area contributed by atoms with E-state index in [2.05, 4.69) is 61.2 Å². The molecule has 12 atom stereocenters. The fraction of sp³-hybridized carbons (Fsp3) is 0.495. The SMILES string of the molecule is CC[C@H](C)[C@@H]([C@@H](CC(=O)N1CCC[C@H]1[C@H](OC)[C@@H](C)C(=O)C[C@@H](Cc1ccccc1)c1nccs1)OC)N(C)C(=O)[C@@H](CC(=O)C(C)(C)NC(=O)OCc1ccc(NC(=O)[C@H](CCCNC(N)=O)CC(=O)[C@@H](NC(=O)[C@H](CCCCNC(=O)OCC2c3ccccc3-c3ccccc32)CC(=O)[C@H](C)NC(=O)OCC2c3ccccc3-c3ccccc32)C(C)C)cc1)C(C)C. The van der Waals surface area contributed by atoms with E-state index < -0.39 is 119 Å². The zero-order chi connectivity index (χ0) is 93.2. The highest BCUT2D eigenvalue weighted by molar-refractivity contribution is 7.09. The van der Waals surface area contributed by atoms with Crippen LogP contribution in [0.5, 0.6) is 0 Å². The van der Waals surface area contributed by atoms with Crippen molar-refractivity contribution < 1.29 is 81.2 Å². The number of nitrogens with one attached hydrogen (secondary N) is 6. The summed E-state index contributed by atoms with van der Waals surface area (Å²) in [5.41, 5.74) is 14.3. The minimum Gasteiger partial charge on any atom is -0.449 e. The predicted octanol–water partition coefficient (Wildman–Crippen LogP) is 15.6. The van der Waals surface area contributed by atoms with Crippen molar-refractivity contribution in [1.29, 1.82) is 0 Å². The summed E-state index contributed by atoms with van der Waals surface area (Å²) in [6, 6.07) is 44.3. The Balaban J connectivity index is 0.722. The van der Waals surface area contributed by atoms with E-state index in [4.69, 9.17) is 29.4 Å². The van der Waals surface area contributed by atoms with Gasteiger partial charge in [0.15, 0.2) is 17.3 Å². The number of anilines is 1. The van der Waals surface area contributed by atoms with Crippen LogP contribution >= 0.6 is 11.3 Å². The van der Waals surface area contributed by atoms with Crippen molar-refractivity contribution in [2.75, 3.05) is 59.4 Å². The monoisotopic (exact) mass is 1790 g/mol. The van der Waals surface area contributed by atoms with Gasteiger partial charge in [-0.2, -0.15) is 0 Å². The second-order valence-corrected chi connectivity index (χ2v) is 36.8. The molecule has 1 fully saturated rings. The number of amides is 9. The number of carbonyl (C=O) groups is 12. The Morgan fingerprint density at radius 3 is 1.69 bits per heavy atom. The Kier molecular flexibility index (Phi) is 36.9. The molecule has 9 amide bonds. The number of unbranched alkanes of at least 4 members (excludes halogenated alkanes) is 1. The number of alkyl carbamates (subject to hydrolysis) is 3. The predicted molar refractivity (Wildman–Crippen MR) is 496 cm³/mol. The topological polar surface area (TPSA) is 369 Å². The number of thiazole rings is 1. The summed E-state index contributed by atoms with van der Waals surface area (Å²) < 4.78 is 29.5. The number of aromatic nitrogens is 1. The Hall–Kier alpha value is -11.5. The van der Waals surface area contributed by atoms with Gasteiger partial charge in [0.1, 0.15) is 25.6 Å². The number of primary amides is 1. The molecule has 1 saturated heterocycles. The lowest BCUT2D eigenvalue weighted by molar-refractivity contribution is -0.149. The minimum absolute atomic E-state index is 0.00747. The van der Waals surface area contributed by atoms with E-state index in [9.17, 15) is 57.5 Å². The molecule has 1 aromatic heterocycles. The number of rotatable bonds is 49. The quantitative estimate of drug-likeness (QED) is 0.0138. The van der Waals surface area contributed by atoms with Crippen LogP contribution in [0.15, 0.2) is 163 Å². The van der Waals surface area contributed by atoms with E-state index >= 15 is 0 Å². The van der Waals surface area contributed by atoms with Gasteiger partial charge in [0.05, 0.1) is 53.3 Å². The Labute approximate surface area is 762 Å². The first-order chi connectivity index (χ1) is 61.8. The van der Waals surface area contributed by atoms with Crippen LogP contribution in [-0.4, -0.2) is 182 Å². The van der Waals surface area contributed by atoms with Crippen molar-refractivity contribution >= 4 is 88.1 Å². The van der Waals surface area contributed by atoms with Gasteiger partial charge >= 0.3 is 24.3 Å². The third-order valence-electron chi connectivity index (χ3n) is 25.9.